The number of hydrogen-bond acceptors (Lipinski definition) is 1. The fourth-order valence-electron chi connectivity index (χ4n) is 3.14. The molecular formula is C19H13BrO. The first-order valence-corrected chi connectivity index (χ1v) is 7.68. The molecule has 21 heavy (non-hydrogen) atoms. The minimum Gasteiger partial charge on any atom is -0.506 e. The van der Waals surface area contributed by atoms with Crippen LogP contribution >= 0.6 is 15.9 Å². The number of halogens is 1. The van der Waals surface area contributed by atoms with E-state index in [1.807, 2.05) is 24.3 Å². The Morgan fingerprint density at radius 1 is 0.810 bits per heavy atom. The van der Waals surface area contributed by atoms with Crippen LogP contribution in [0.2, 0.25) is 0 Å². The number of phenolic OH excluding ortho intramolecular Hbond substituents is 1. The quantitative estimate of drug-likeness (QED) is 0.395. The molecule has 2 heteroatoms. The van der Waals surface area contributed by atoms with Gasteiger partial charge in [-0.1, -0.05) is 48.5 Å². The highest BCUT2D eigenvalue weighted by Crippen LogP contribution is 2.41. The highest BCUT2D eigenvalue weighted by Gasteiger charge is 2.12. The lowest BCUT2D eigenvalue weighted by Gasteiger charge is -2.12. The smallest absolute Gasteiger partial charge is 0.138 e. The van der Waals surface area contributed by atoms with Gasteiger partial charge < -0.3 is 5.11 Å². The Morgan fingerprint density at radius 3 is 2.43 bits per heavy atom. The van der Waals surface area contributed by atoms with Crippen LogP contribution in [0.25, 0.3) is 32.3 Å². The van der Waals surface area contributed by atoms with Crippen molar-refractivity contribution in [1.82, 2.24) is 0 Å². The predicted octanol–water partition coefficient (Wildman–Crippen LogP) is 5.92. The molecule has 0 saturated heterocycles. The number of hydrogen-bond donors (Lipinski definition) is 1. The Bertz CT molecular complexity index is 1020. The third-order valence-electron chi connectivity index (χ3n) is 4.14. The van der Waals surface area contributed by atoms with Crippen molar-refractivity contribution < 1.29 is 5.11 Å². The number of aryl methyl sites for hydroxylation is 1. The molecule has 0 radical (unpaired) electrons. The Morgan fingerprint density at radius 2 is 1.57 bits per heavy atom. The monoisotopic (exact) mass is 336 g/mol. The average molecular weight is 337 g/mol. The SMILES string of the molecule is Cc1cc2ccc(Br)c(O)c2c2c1ccc1ccccc12. The summed E-state index contributed by atoms with van der Waals surface area (Å²) < 4.78 is 0.730. The molecule has 0 aliphatic heterocycles. The van der Waals surface area contributed by atoms with E-state index >= 15 is 0 Å². The molecule has 0 amide bonds. The van der Waals surface area contributed by atoms with Crippen LogP contribution in [0.5, 0.6) is 5.75 Å². The highest BCUT2D eigenvalue weighted by atomic mass is 79.9. The Balaban J connectivity index is 2.42. The standard InChI is InChI=1S/C19H13BrO/c1-11-10-13-7-9-16(20)19(21)17(13)18-14(11)8-6-12-4-2-3-5-15(12)18/h2-10,21H,1H3. The zero-order valence-corrected chi connectivity index (χ0v) is 13.1. The minimum absolute atomic E-state index is 0.314. The van der Waals surface area contributed by atoms with Crippen LogP contribution in [0, 0.1) is 6.92 Å². The van der Waals surface area contributed by atoms with Gasteiger partial charge in [0.25, 0.3) is 0 Å². The Hall–Kier alpha value is -2.06. The van der Waals surface area contributed by atoms with Crippen molar-refractivity contribution in [3.05, 3.63) is 64.6 Å². The largest absolute Gasteiger partial charge is 0.506 e. The molecule has 0 fully saturated rings. The van der Waals surface area contributed by atoms with E-state index in [1.54, 1.807) is 0 Å². The van der Waals surface area contributed by atoms with E-state index in [4.69, 9.17) is 0 Å². The van der Waals surface area contributed by atoms with E-state index in [9.17, 15) is 5.11 Å². The molecule has 4 aromatic carbocycles. The maximum absolute atomic E-state index is 10.6. The van der Waals surface area contributed by atoms with Crippen LogP contribution in [-0.4, -0.2) is 5.11 Å². The summed E-state index contributed by atoms with van der Waals surface area (Å²) in [7, 11) is 0. The van der Waals surface area contributed by atoms with Crippen molar-refractivity contribution in [2.75, 3.05) is 0 Å². The third kappa shape index (κ3) is 1.76. The van der Waals surface area contributed by atoms with Gasteiger partial charge in [0.2, 0.25) is 0 Å². The second kappa shape index (κ2) is 4.47. The molecule has 0 saturated carbocycles. The van der Waals surface area contributed by atoms with Gasteiger partial charge in [0.05, 0.1) is 4.47 Å². The van der Waals surface area contributed by atoms with Gasteiger partial charge in [-0.2, -0.15) is 0 Å². The maximum atomic E-state index is 10.6. The molecule has 0 atom stereocenters. The summed E-state index contributed by atoms with van der Waals surface area (Å²) in [6, 6.07) is 18.7. The van der Waals surface area contributed by atoms with Crippen molar-refractivity contribution in [3.63, 3.8) is 0 Å². The fraction of sp³-hybridized carbons (Fsp3) is 0.0526. The summed E-state index contributed by atoms with van der Waals surface area (Å²) in [4.78, 5) is 0. The number of rotatable bonds is 0. The molecule has 0 spiro atoms. The zero-order chi connectivity index (χ0) is 14.6. The normalized spacial score (nSPS) is 11.5. The zero-order valence-electron chi connectivity index (χ0n) is 11.5. The van der Waals surface area contributed by atoms with Gasteiger partial charge in [-0.15, -0.1) is 0 Å². The molecule has 0 aliphatic carbocycles. The van der Waals surface area contributed by atoms with Crippen LogP contribution < -0.4 is 0 Å². The lowest BCUT2D eigenvalue weighted by molar-refractivity contribution is 0.479. The van der Waals surface area contributed by atoms with Gasteiger partial charge in [-0.3, -0.25) is 0 Å². The molecule has 4 aromatic rings. The van der Waals surface area contributed by atoms with Crippen molar-refractivity contribution >= 4 is 48.2 Å². The summed E-state index contributed by atoms with van der Waals surface area (Å²) in [6.45, 7) is 2.12. The third-order valence-corrected chi connectivity index (χ3v) is 4.78. The molecule has 0 bridgehead atoms. The van der Waals surface area contributed by atoms with Gasteiger partial charge in [-0.05, 0) is 56.0 Å². The molecule has 4 rings (SSSR count). The Labute approximate surface area is 131 Å². The van der Waals surface area contributed by atoms with E-state index in [1.165, 1.54) is 21.7 Å². The molecule has 1 N–H and O–H groups in total. The summed E-state index contributed by atoms with van der Waals surface area (Å²) in [6.07, 6.45) is 0. The predicted molar refractivity (Wildman–Crippen MR) is 93.1 cm³/mol. The maximum Gasteiger partial charge on any atom is 0.138 e. The summed E-state index contributed by atoms with van der Waals surface area (Å²) in [5, 5.41) is 17.2. The molecule has 0 unspecified atom stereocenters. The topological polar surface area (TPSA) is 20.2 Å². The van der Waals surface area contributed by atoms with Gasteiger partial charge in [0.15, 0.2) is 0 Å². The van der Waals surface area contributed by atoms with E-state index in [0.717, 1.165) is 20.6 Å². The average Bonchev–Trinajstić information content (AvgIpc) is 2.50. The van der Waals surface area contributed by atoms with Crippen LogP contribution in [-0.2, 0) is 0 Å². The fourth-order valence-corrected chi connectivity index (χ4v) is 3.48. The number of phenols is 1. The summed E-state index contributed by atoms with van der Waals surface area (Å²) in [5.41, 5.74) is 1.23. The van der Waals surface area contributed by atoms with Crippen LogP contribution in [0.1, 0.15) is 5.56 Å². The summed E-state index contributed by atoms with van der Waals surface area (Å²) in [5.74, 6) is 0.314. The van der Waals surface area contributed by atoms with E-state index in [2.05, 4.69) is 53.2 Å². The van der Waals surface area contributed by atoms with E-state index in [0.29, 0.717) is 5.75 Å². The van der Waals surface area contributed by atoms with Gasteiger partial charge in [0, 0.05) is 10.8 Å². The number of benzene rings is 4. The van der Waals surface area contributed by atoms with Crippen molar-refractivity contribution in [1.29, 1.82) is 0 Å². The Kier molecular flexibility index (Phi) is 2.69. The second-order valence-corrected chi connectivity index (χ2v) is 6.25. The molecule has 102 valence electrons. The van der Waals surface area contributed by atoms with E-state index < -0.39 is 0 Å². The van der Waals surface area contributed by atoms with Crippen molar-refractivity contribution in [3.8, 4) is 5.75 Å². The molecule has 0 aliphatic rings. The highest BCUT2D eigenvalue weighted by molar-refractivity contribution is 9.10. The first kappa shape index (κ1) is 12.7. The van der Waals surface area contributed by atoms with Gasteiger partial charge in [-0.25, -0.2) is 0 Å². The number of fused-ring (bicyclic) bond motifs is 5. The first-order chi connectivity index (χ1) is 10.2. The second-order valence-electron chi connectivity index (χ2n) is 5.40. The van der Waals surface area contributed by atoms with E-state index in [-0.39, 0.29) is 0 Å². The molecule has 0 heterocycles. The van der Waals surface area contributed by atoms with Gasteiger partial charge in [0.1, 0.15) is 5.75 Å². The number of aromatic hydroxyl groups is 1. The molecule has 0 aromatic heterocycles. The lowest BCUT2D eigenvalue weighted by Crippen LogP contribution is -1.86. The van der Waals surface area contributed by atoms with Crippen molar-refractivity contribution in [2.45, 2.75) is 6.92 Å². The minimum atomic E-state index is 0.314. The molecular weight excluding hydrogens is 324 g/mol. The van der Waals surface area contributed by atoms with Crippen LogP contribution in [0.4, 0.5) is 0 Å². The molecule has 1 nitrogen and oxygen atoms in total. The van der Waals surface area contributed by atoms with Crippen molar-refractivity contribution in [2.24, 2.45) is 0 Å². The van der Waals surface area contributed by atoms with Crippen LogP contribution in [0.3, 0.4) is 0 Å². The van der Waals surface area contributed by atoms with Crippen LogP contribution in [0.15, 0.2) is 59.1 Å². The van der Waals surface area contributed by atoms with Gasteiger partial charge >= 0.3 is 0 Å². The summed E-state index contributed by atoms with van der Waals surface area (Å²) >= 11 is 3.43. The lowest BCUT2D eigenvalue weighted by atomic mass is 9.93. The first-order valence-electron chi connectivity index (χ1n) is 6.89.